The third-order valence-electron chi connectivity index (χ3n) is 3.01. The number of rotatable bonds is 7. The van der Waals surface area contributed by atoms with Crippen molar-refractivity contribution in [2.75, 3.05) is 19.7 Å². The lowest BCUT2D eigenvalue weighted by atomic mass is 10.1. The van der Waals surface area contributed by atoms with E-state index in [1.807, 2.05) is 0 Å². The maximum Gasteiger partial charge on any atom is 0.471 e. The molecule has 0 aliphatic heterocycles. The van der Waals surface area contributed by atoms with E-state index in [-0.39, 0.29) is 30.4 Å². The average molecular weight is 371 g/mol. The van der Waals surface area contributed by atoms with Crippen molar-refractivity contribution in [3.63, 3.8) is 0 Å². The number of carbonyl (C=O) groups is 1. The molecule has 1 heterocycles. The Kier molecular flexibility index (Phi) is 6.28. The van der Waals surface area contributed by atoms with Gasteiger partial charge in [-0.1, -0.05) is 22.4 Å². The zero-order valence-electron chi connectivity index (χ0n) is 13.7. The Morgan fingerprint density at radius 1 is 1.35 bits per heavy atom. The fourth-order valence-corrected chi connectivity index (χ4v) is 1.78. The number of nitrogens with two attached hydrogens (primary N) is 1. The highest BCUT2D eigenvalue weighted by Crippen LogP contribution is 2.29. The van der Waals surface area contributed by atoms with Crippen LogP contribution in [-0.2, 0) is 11.0 Å². The highest BCUT2D eigenvalue weighted by atomic mass is 19.4. The van der Waals surface area contributed by atoms with Crippen molar-refractivity contribution >= 4 is 11.6 Å². The first-order valence-corrected chi connectivity index (χ1v) is 7.46. The summed E-state index contributed by atoms with van der Waals surface area (Å²) >= 11 is 0. The van der Waals surface area contributed by atoms with Gasteiger partial charge >= 0.3 is 12.1 Å². The number of nitrogens with zero attached hydrogens (tertiary/aromatic N) is 3. The number of aromatic nitrogens is 2. The van der Waals surface area contributed by atoms with Crippen molar-refractivity contribution < 1.29 is 27.3 Å². The average Bonchev–Trinajstić information content (AvgIpc) is 3.10. The number of alkyl halides is 3. The molecule has 26 heavy (non-hydrogen) atoms. The lowest BCUT2D eigenvalue weighted by Crippen LogP contribution is -2.28. The molecular weight excluding hydrogens is 355 g/mol. The van der Waals surface area contributed by atoms with Crippen molar-refractivity contribution in [2.24, 2.45) is 10.9 Å². The molecule has 0 fully saturated rings. The summed E-state index contributed by atoms with van der Waals surface area (Å²) in [6.45, 7) is 2.46. The minimum absolute atomic E-state index is 0.172. The van der Waals surface area contributed by atoms with Gasteiger partial charge in [0.25, 0.3) is 5.91 Å². The smallest absolute Gasteiger partial charge is 0.394 e. The van der Waals surface area contributed by atoms with Crippen LogP contribution in [0.15, 0.2) is 33.9 Å². The predicted octanol–water partition coefficient (Wildman–Crippen LogP) is 1.84. The molecule has 0 bridgehead atoms. The van der Waals surface area contributed by atoms with E-state index in [2.05, 4.69) is 25.1 Å². The molecule has 2 rings (SSSR count). The SMILES string of the molecule is CC(CNC(=O)c1ccc(-c2noc(C(F)(F)F)n2)cc1)=NOCCN. The lowest BCUT2D eigenvalue weighted by molar-refractivity contribution is -0.159. The number of halogens is 3. The normalized spacial score (nSPS) is 12.1. The zero-order valence-corrected chi connectivity index (χ0v) is 13.7. The predicted molar refractivity (Wildman–Crippen MR) is 85.2 cm³/mol. The standard InChI is InChI=1S/C15H16F3N5O3/c1-9(22-25-7-6-19)8-20-13(24)11-4-2-10(3-5-11)12-21-14(26-23-12)15(16,17)18/h2-5H,6-8,19H2,1H3,(H,20,24). The molecule has 2 aromatic rings. The minimum Gasteiger partial charge on any atom is -0.394 e. The number of carbonyl (C=O) groups excluding carboxylic acids is 1. The molecule has 8 nitrogen and oxygen atoms in total. The summed E-state index contributed by atoms with van der Waals surface area (Å²) in [5, 5.41) is 9.67. The van der Waals surface area contributed by atoms with Gasteiger partial charge in [0.1, 0.15) is 6.61 Å². The molecule has 0 radical (unpaired) electrons. The van der Waals surface area contributed by atoms with Crippen molar-refractivity contribution in [3.8, 4) is 11.4 Å². The molecule has 0 saturated carbocycles. The van der Waals surface area contributed by atoms with Crippen LogP contribution in [0.4, 0.5) is 13.2 Å². The van der Waals surface area contributed by atoms with E-state index in [0.717, 1.165) is 0 Å². The molecule has 0 spiro atoms. The van der Waals surface area contributed by atoms with E-state index in [9.17, 15) is 18.0 Å². The fourth-order valence-electron chi connectivity index (χ4n) is 1.78. The minimum atomic E-state index is -4.71. The van der Waals surface area contributed by atoms with Gasteiger partial charge in [0, 0.05) is 17.7 Å². The van der Waals surface area contributed by atoms with Crippen molar-refractivity contribution in [1.82, 2.24) is 15.5 Å². The Balaban J connectivity index is 1.97. The van der Waals surface area contributed by atoms with E-state index in [1.54, 1.807) is 6.92 Å². The van der Waals surface area contributed by atoms with E-state index >= 15 is 0 Å². The van der Waals surface area contributed by atoms with Gasteiger partial charge in [-0.3, -0.25) is 4.79 Å². The molecule has 0 aliphatic rings. The van der Waals surface area contributed by atoms with Gasteiger partial charge in [0.2, 0.25) is 5.82 Å². The van der Waals surface area contributed by atoms with Crippen LogP contribution >= 0.6 is 0 Å². The van der Waals surface area contributed by atoms with E-state index < -0.39 is 12.1 Å². The van der Waals surface area contributed by atoms with Gasteiger partial charge in [-0.15, -0.1) is 0 Å². The van der Waals surface area contributed by atoms with Crippen LogP contribution < -0.4 is 11.1 Å². The Morgan fingerprint density at radius 3 is 2.62 bits per heavy atom. The second-order valence-corrected chi connectivity index (χ2v) is 5.13. The molecule has 3 N–H and O–H groups in total. The molecule has 1 aromatic carbocycles. The zero-order chi connectivity index (χ0) is 19.2. The van der Waals surface area contributed by atoms with Crippen LogP contribution in [0.1, 0.15) is 23.2 Å². The largest absolute Gasteiger partial charge is 0.471 e. The van der Waals surface area contributed by atoms with Crippen molar-refractivity contribution in [1.29, 1.82) is 0 Å². The van der Waals surface area contributed by atoms with Gasteiger partial charge in [-0.25, -0.2) is 0 Å². The van der Waals surface area contributed by atoms with Crippen LogP contribution in [-0.4, -0.2) is 41.5 Å². The number of hydrogen-bond acceptors (Lipinski definition) is 7. The van der Waals surface area contributed by atoms with Gasteiger partial charge in [0.15, 0.2) is 0 Å². The van der Waals surface area contributed by atoms with E-state index in [1.165, 1.54) is 24.3 Å². The topological polar surface area (TPSA) is 116 Å². The number of amides is 1. The van der Waals surface area contributed by atoms with Crippen LogP contribution in [0.2, 0.25) is 0 Å². The van der Waals surface area contributed by atoms with Crippen LogP contribution in [0.25, 0.3) is 11.4 Å². The molecule has 0 aliphatic carbocycles. The second kappa shape index (κ2) is 8.43. The first-order chi connectivity index (χ1) is 12.3. The van der Waals surface area contributed by atoms with E-state index in [4.69, 9.17) is 10.6 Å². The highest BCUT2D eigenvalue weighted by molar-refractivity contribution is 5.97. The molecule has 1 amide bonds. The molecule has 0 unspecified atom stereocenters. The summed E-state index contributed by atoms with van der Waals surface area (Å²) in [4.78, 5) is 20.2. The van der Waals surface area contributed by atoms with Crippen LogP contribution in [0, 0.1) is 0 Å². The molecule has 0 atom stereocenters. The summed E-state index contributed by atoms with van der Waals surface area (Å²) < 4.78 is 41.6. The third kappa shape index (κ3) is 5.28. The number of oxime groups is 1. The van der Waals surface area contributed by atoms with Crippen molar-refractivity contribution in [3.05, 3.63) is 35.7 Å². The van der Waals surface area contributed by atoms with Gasteiger partial charge in [-0.2, -0.15) is 18.2 Å². The first kappa shape index (κ1) is 19.4. The van der Waals surface area contributed by atoms with Crippen molar-refractivity contribution in [2.45, 2.75) is 13.1 Å². The number of nitrogens with one attached hydrogen (secondary N) is 1. The third-order valence-corrected chi connectivity index (χ3v) is 3.01. The highest BCUT2D eigenvalue weighted by Gasteiger charge is 2.38. The Labute approximate surface area is 146 Å². The van der Waals surface area contributed by atoms with Gasteiger partial charge < -0.3 is 20.4 Å². The van der Waals surface area contributed by atoms with Gasteiger partial charge in [0.05, 0.1) is 12.3 Å². The number of benzene rings is 1. The first-order valence-electron chi connectivity index (χ1n) is 7.46. The number of hydrogen-bond donors (Lipinski definition) is 2. The molecule has 0 saturated heterocycles. The van der Waals surface area contributed by atoms with Crippen LogP contribution in [0.3, 0.4) is 0 Å². The quantitative estimate of drug-likeness (QED) is 0.436. The fraction of sp³-hybridized carbons (Fsp3) is 0.333. The summed E-state index contributed by atoms with van der Waals surface area (Å²) in [6, 6.07) is 5.72. The Hall–Kier alpha value is -2.95. The Bertz CT molecular complexity index is 772. The summed E-state index contributed by atoms with van der Waals surface area (Å²) in [6.07, 6.45) is -4.71. The molecule has 11 heteroatoms. The Morgan fingerprint density at radius 2 is 2.04 bits per heavy atom. The lowest BCUT2D eigenvalue weighted by Gasteiger charge is -2.05. The van der Waals surface area contributed by atoms with Gasteiger partial charge in [-0.05, 0) is 19.1 Å². The summed E-state index contributed by atoms with van der Waals surface area (Å²) in [5.74, 6) is -2.03. The summed E-state index contributed by atoms with van der Waals surface area (Å²) in [7, 11) is 0. The maximum absolute atomic E-state index is 12.5. The molecule has 1 aromatic heterocycles. The second-order valence-electron chi connectivity index (χ2n) is 5.13. The molecular formula is C15H16F3N5O3. The molecule has 140 valence electrons. The van der Waals surface area contributed by atoms with E-state index in [0.29, 0.717) is 17.8 Å². The monoisotopic (exact) mass is 371 g/mol. The summed E-state index contributed by atoms with van der Waals surface area (Å²) in [5.41, 5.74) is 6.40. The van der Waals surface area contributed by atoms with Crippen LogP contribution in [0.5, 0.6) is 0 Å². The maximum atomic E-state index is 12.5.